The smallest absolute Gasteiger partial charge is 0.433 e. The lowest BCUT2D eigenvalue weighted by Gasteiger charge is -2.23. The third kappa shape index (κ3) is 4.86. The van der Waals surface area contributed by atoms with Crippen LogP contribution in [0.1, 0.15) is 61.4 Å². The Bertz CT molecular complexity index is 1210. The van der Waals surface area contributed by atoms with E-state index in [1.807, 2.05) is 31.6 Å². The van der Waals surface area contributed by atoms with Gasteiger partial charge in [0.2, 0.25) is 0 Å². The molecule has 34 heavy (non-hydrogen) atoms. The number of piperidine rings is 1. The maximum atomic E-state index is 13.3. The van der Waals surface area contributed by atoms with E-state index in [-0.39, 0.29) is 11.7 Å². The van der Waals surface area contributed by atoms with Crippen LogP contribution in [0, 0.1) is 0 Å². The van der Waals surface area contributed by atoms with Crippen molar-refractivity contribution in [3.63, 3.8) is 0 Å². The number of benzene rings is 1. The number of carbonyl (C=O) groups is 1. The van der Waals surface area contributed by atoms with Crippen LogP contribution in [0.5, 0.6) is 5.75 Å². The minimum atomic E-state index is -4.66. The Morgan fingerprint density at radius 2 is 1.88 bits per heavy atom. The van der Waals surface area contributed by atoms with E-state index in [2.05, 4.69) is 20.7 Å². The number of methoxy groups -OCH3 is 1. The van der Waals surface area contributed by atoms with Crippen LogP contribution in [0.3, 0.4) is 0 Å². The van der Waals surface area contributed by atoms with Crippen LogP contribution in [-0.4, -0.2) is 40.9 Å². The van der Waals surface area contributed by atoms with Crippen molar-refractivity contribution < 1.29 is 22.7 Å². The van der Waals surface area contributed by atoms with Gasteiger partial charge >= 0.3 is 6.18 Å². The molecule has 0 unspecified atom stereocenters. The topological polar surface area (TPSA) is 81.1 Å². The molecule has 1 amide bonds. The fourth-order valence-electron chi connectivity index (χ4n) is 4.17. The van der Waals surface area contributed by atoms with Crippen molar-refractivity contribution in [2.45, 2.75) is 51.2 Å². The van der Waals surface area contributed by atoms with Gasteiger partial charge in [0.05, 0.1) is 24.4 Å². The standard InChI is InChI=1S/C24H28F3N5O2/c1-23(2,3)16-5-6-20(24(25,26)27)30-21(16)22(33)29-18-11-14-13-32(15-7-9-28-10-8-15)31-17(14)12-19(18)34-4/h5-6,11-13,15,28H,7-10H2,1-4H3,(H,29,33). The lowest BCUT2D eigenvalue weighted by Crippen LogP contribution is -2.29. The van der Waals surface area contributed by atoms with Crippen molar-refractivity contribution >= 4 is 22.5 Å². The third-order valence-corrected chi connectivity index (χ3v) is 5.98. The first-order valence-electron chi connectivity index (χ1n) is 11.1. The summed E-state index contributed by atoms with van der Waals surface area (Å²) < 4.78 is 47.3. The number of rotatable bonds is 4. The second kappa shape index (κ2) is 8.90. The monoisotopic (exact) mass is 475 g/mol. The molecule has 0 aliphatic carbocycles. The Morgan fingerprint density at radius 1 is 1.18 bits per heavy atom. The quantitative estimate of drug-likeness (QED) is 0.559. The number of nitrogens with one attached hydrogen (secondary N) is 2. The number of hydrogen-bond donors (Lipinski definition) is 2. The maximum absolute atomic E-state index is 13.3. The van der Waals surface area contributed by atoms with Gasteiger partial charge in [0, 0.05) is 17.6 Å². The van der Waals surface area contributed by atoms with E-state index in [9.17, 15) is 18.0 Å². The van der Waals surface area contributed by atoms with Crippen LogP contribution < -0.4 is 15.4 Å². The average molecular weight is 476 g/mol. The first-order chi connectivity index (χ1) is 16.0. The minimum Gasteiger partial charge on any atom is -0.494 e. The van der Waals surface area contributed by atoms with Crippen LogP contribution in [0.25, 0.3) is 10.9 Å². The first-order valence-corrected chi connectivity index (χ1v) is 11.1. The molecule has 1 aliphatic heterocycles. The number of halogens is 3. The molecule has 2 aromatic heterocycles. The van der Waals surface area contributed by atoms with Crippen molar-refractivity contribution in [2.24, 2.45) is 0 Å². The van der Waals surface area contributed by atoms with Crippen LogP contribution >= 0.6 is 0 Å². The third-order valence-electron chi connectivity index (χ3n) is 5.98. The molecule has 0 bridgehead atoms. The molecule has 4 rings (SSSR count). The summed E-state index contributed by atoms with van der Waals surface area (Å²) in [4.78, 5) is 16.9. The number of ether oxygens (including phenoxy) is 1. The molecule has 182 valence electrons. The number of anilines is 1. The summed E-state index contributed by atoms with van der Waals surface area (Å²) in [5.74, 6) is -0.375. The van der Waals surface area contributed by atoms with E-state index < -0.39 is 23.2 Å². The largest absolute Gasteiger partial charge is 0.494 e. The van der Waals surface area contributed by atoms with Gasteiger partial charge in [0.15, 0.2) is 0 Å². The van der Waals surface area contributed by atoms with Crippen molar-refractivity contribution in [2.75, 3.05) is 25.5 Å². The maximum Gasteiger partial charge on any atom is 0.433 e. The summed E-state index contributed by atoms with van der Waals surface area (Å²) in [6.45, 7) is 7.29. The molecule has 1 saturated heterocycles. The molecule has 1 aliphatic rings. The molecule has 2 N–H and O–H groups in total. The first kappa shape index (κ1) is 24.0. The number of aromatic nitrogens is 3. The Hall–Kier alpha value is -3.14. The molecule has 0 atom stereocenters. The Labute approximate surface area is 195 Å². The zero-order chi connectivity index (χ0) is 24.7. The molecule has 3 aromatic rings. The van der Waals surface area contributed by atoms with E-state index in [1.165, 1.54) is 13.2 Å². The lowest BCUT2D eigenvalue weighted by molar-refractivity contribution is -0.141. The van der Waals surface area contributed by atoms with Gasteiger partial charge in [-0.3, -0.25) is 9.48 Å². The van der Waals surface area contributed by atoms with Crippen LogP contribution in [0.2, 0.25) is 0 Å². The highest BCUT2D eigenvalue weighted by molar-refractivity contribution is 6.06. The number of alkyl halides is 3. The zero-order valence-corrected chi connectivity index (χ0v) is 19.6. The molecule has 10 heteroatoms. The van der Waals surface area contributed by atoms with Gasteiger partial charge < -0.3 is 15.4 Å². The van der Waals surface area contributed by atoms with E-state index in [0.29, 0.717) is 22.5 Å². The number of carbonyl (C=O) groups excluding carboxylic acids is 1. The summed E-state index contributed by atoms with van der Waals surface area (Å²) in [5, 5.41) is 11.5. The fourth-order valence-corrected chi connectivity index (χ4v) is 4.17. The van der Waals surface area contributed by atoms with E-state index in [0.717, 1.165) is 37.4 Å². The molecule has 3 heterocycles. The highest BCUT2D eigenvalue weighted by Crippen LogP contribution is 2.34. The number of pyridine rings is 1. The predicted molar refractivity (Wildman–Crippen MR) is 123 cm³/mol. The molecule has 1 aromatic carbocycles. The van der Waals surface area contributed by atoms with Crippen LogP contribution in [0.4, 0.5) is 18.9 Å². The van der Waals surface area contributed by atoms with Crippen molar-refractivity contribution in [1.82, 2.24) is 20.1 Å². The van der Waals surface area contributed by atoms with Gasteiger partial charge in [0.25, 0.3) is 5.91 Å². The van der Waals surface area contributed by atoms with Gasteiger partial charge in [-0.25, -0.2) is 4.98 Å². The summed E-state index contributed by atoms with van der Waals surface area (Å²) in [5.41, 5.74) is -0.513. The zero-order valence-electron chi connectivity index (χ0n) is 19.6. The van der Waals surface area contributed by atoms with Gasteiger partial charge in [0.1, 0.15) is 17.1 Å². The Balaban J connectivity index is 1.71. The number of amides is 1. The van der Waals surface area contributed by atoms with E-state index >= 15 is 0 Å². The molecule has 0 saturated carbocycles. The average Bonchev–Trinajstić information content (AvgIpc) is 3.20. The van der Waals surface area contributed by atoms with Gasteiger partial charge in [-0.05, 0) is 49.0 Å². The summed E-state index contributed by atoms with van der Waals surface area (Å²) in [6, 6.07) is 5.93. The van der Waals surface area contributed by atoms with Gasteiger partial charge in [-0.2, -0.15) is 18.3 Å². The van der Waals surface area contributed by atoms with Crippen LogP contribution in [-0.2, 0) is 11.6 Å². The molecule has 1 fully saturated rings. The molecule has 7 nitrogen and oxygen atoms in total. The van der Waals surface area contributed by atoms with Gasteiger partial charge in [-0.15, -0.1) is 0 Å². The fraction of sp³-hybridized carbons (Fsp3) is 0.458. The van der Waals surface area contributed by atoms with E-state index in [4.69, 9.17) is 4.74 Å². The highest BCUT2D eigenvalue weighted by atomic mass is 19.4. The number of fused-ring (bicyclic) bond motifs is 1. The SMILES string of the molecule is COc1cc2nn(C3CCNCC3)cc2cc1NC(=O)c1nc(C(F)(F)F)ccc1C(C)(C)C. The van der Waals surface area contributed by atoms with E-state index in [1.54, 1.807) is 12.1 Å². The number of nitrogens with zero attached hydrogens (tertiary/aromatic N) is 3. The Morgan fingerprint density at radius 3 is 2.50 bits per heavy atom. The predicted octanol–water partition coefficient (Wildman–Crippen LogP) is 4.93. The second-order valence-electron chi connectivity index (χ2n) is 9.50. The molecule has 0 spiro atoms. The summed E-state index contributed by atoms with van der Waals surface area (Å²) >= 11 is 0. The summed E-state index contributed by atoms with van der Waals surface area (Å²) in [7, 11) is 1.46. The number of hydrogen-bond acceptors (Lipinski definition) is 5. The van der Waals surface area contributed by atoms with Crippen LogP contribution in [0.15, 0.2) is 30.5 Å². The molecular formula is C24H28F3N5O2. The van der Waals surface area contributed by atoms with Crippen molar-refractivity contribution in [3.8, 4) is 5.75 Å². The lowest BCUT2D eigenvalue weighted by atomic mass is 9.85. The van der Waals surface area contributed by atoms with Crippen molar-refractivity contribution in [1.29, 1.82) is 0 Å². The normalized spacial score (nSPS) is 15.5. The van der Waals surface area contributed by atoms with Crippen molar-refractivity contribution in [3.05, 3.63) is 47.4 Å². The minimum absolute atomic E-state index is 0.269. The second-order valence-corrected chi connectivity index (χ2v) is 9.50. The molecular weight excluding hydrogens is 447 g/mol. The highest BCUT2D eigenvalue weighted by Gasteiger charge is 2.35. The summed E-state index contributed by atoms with van der Waals surface area (Å²) in [6.07, 6.45) is -0.814. The van der Waals surface area contributed by atoms with Gasteiger partial charge in [-0.1, -0.05) is 26.8 Å². The Kier molecular flexibility index (Phi) is 6.28. The molecule has 0 radical (unpaired) electrons.